The number of carbonyl (C=O) groups is 1. The Morgan fingerprint density at radius 1 is 1.22 bits per heavy atom. The third-order valence-corrected chi connectivity index (χ3v) is 7.36. The molecule has 0 spiro atoms. The van der Waals surface area contributed by atoms with Gasteiger partial charge in [0.1, 0.15) is 11.4 Å². The van der Waals surface area contributed by atoms with Crippen LogP contribution in [0.1, 0.15) is 32.4 Å². The van der Waals surface area contributed by atoms with E-state index in [2.05, 4.69) is 15.6 Å². The number of amides is 1. The zero-order valence-electron chi connectivity index (χ0n) is 15.9. The number of nitrogens with one attached hydrogen (secondary N) is 3. The Bertz CT molecular complexity index is 748. The van der Waals surface area contributed by atoms with E-state index in [4.69, 9.17) is 4.74 Å². The highest BCUT2D eigenvalue weighted by atomic mass is 32.2. The van der Waals surface area contributed by atoms with Gasteiger partial charge >= 0.3 is 0 Å². The highest BCUT2D eigenvalue weighted by Gasteiger charge is 2.42. The first-order valence-corrected chi connectivity index (χ1v) is 10.8. The summed E-state index contributed by atoms with van der Waals surface area (Å²) in [6, 6.07) is 8.41. The van der Waals surface area contributed by atoms with Crippen LogP contribution < -0.4 is 15.6 Å². The van der Waals surface area contributed by atoms with E-state index < -0.39 is 21.3 Å². The average molecular weight is 397 g/mol. The third-order valence-electron chi connectivity index (χ3n) is 5.14. The van der Waals surface area contributed by atoms with Crippen LogP contribution in [0.25, 0.3) is 0 Å². The molecular weight excluding hydrogens is 368 g/mol. The third kappa shape index (κ3) is 4.49. The van der Waals surface area contributed by atoms with Crippen molar-refractivity contribution in [3.05, 3.63) is 35.9 Å². The fourth-order valence-corrected chi connectivity index (χ4v) is 5.73. The molecule has 3 rings (SSSR count). The van der Waals surface area contributed by atoms with Crippen molar-refractivity contribution < 1.29 is 17.9 Å². The zero-order chi connectivity index (χ0) is 19.6. The van der Waals surface area contributed by atoms with Crippen LogP contribution in [0.3, 0.4) is 0 Å². The Hall–Kier alpha value is -1.52. The maximum atomic E-state index is 12.8. The van der Waals surface area contributed by atoms with Gasteiger partial charge < -0.3 is 9.64 Å². The standard InChI is InChI=1S/C18H28N4O4S/c1-12-17(13(2)20-19-12)27(24,25)21-14(3)18(23)22-9-10-26-16(11-22)15-7-5-4-6-8-15/h4-8,12-14,16-17,19-21H,9-11H2,1-3H3/t12?,13?,14-,16?,17?/m1/s1. The number of sulfonamides is 1. The maximum absolute atomic E-state index is 12.8. The summed E-state index contributed by atoms with van der Waals surface area (Å²) < 4.78 is 33.9. The van der Waals surface area contributed by atoms with Crippen LogP contribution in [0, 0.1) is 0 Å². The van der Waals surface area contributed by atoms with Crippen molar-refractivity contribution >= 4 is 15.9 Å². The van der Waals surface area contributed by atoms with Crippen LogP contribution in [0.5, 0.6) is 0 Å². The summed E-state index contributed by atoms with van der Waals surface area (Å²) in [5, 5.41) is -0.644. The number of benzene rings is 1. The molecule has 1 aromatic carbocycles. The lowest BCUT2D eigenvalue weighted by Gasteiger charge is -2.35. The Balaban J connectivity index is 1.64. The van der Waals surface area contributed by atoms with Crippen molar-refractivity contribution in [3.8, 4) is 0 Å². The average Bonchev–Trinajstić information content (AvgIpc) is 3.00. The summed E-state index contributed by atoms with van der Waals surface area (Å²) in [6.07, 6.45) is -0.198. The number of carbonyl (C=O) groups excluding carboxylic acids is 1. The van der Waals surface area contributed by atoms with E-state index in [9.17, 15) is 13.2 Å². The minimum atomic E-state index is -3.66. The summed E-state index contributed by atoms with van der Waals surface area (Å²) >= 11 is 0. The highest BCUT2D eigenvalue weighted by Crippen LogP contribution is 2.22. The second-order valence-electron chi connectivity index (χ2n) is 7.27. The minimum Gasteiger partial charge on any atom is -0.370 e. The Labute approximate surface area is 160 Å². The van der Waals surface area contributed by atoms with E-state index in [1.54, 1.807) is 25.7 Å². The molecule has 0 aliphatic carbocycles. The van der Waals surface area contributed by atoms with Crippen LogP contribution in [-0.2, 0) is 19.6 Å². The molecule has 2 aliphatic heterocycles. The van der Waals surface area contributed by atoms with E-state index in [0.29, 0.717) is 19.7 Å². The zero-order valence-corrected chi connectivity index (χ0v) is 16.7. The molecule has 3 N–H and O–H groups in total. The van der Waals surface area contributed by atoms with Gasteiger partial charge in [0.05, 0.1) is 19.2 Å². The lowest BCUT2D eigenvalue weighted by molar-refractivity contribution is -0.140. The van der Waals surface area contributed by atoms with E-state index in [-0.39, 0.29) is 24.1 Å². The van der Waals surface area contributed by atoms with Crippen LogP contribution >= 0.6 is 0 Å². The first-order chi connectivity index (χ1) is 12.8. The lowest BCUT2D eigenvalue weighted by Crippen LogP contribution is -2.54. The van der Waals surface area contributed by atoms with Gasteiger partial charge in [0.15, 0.2) is 0 Å². The molecule has 3 unspecified atom stereocenters. The topological polar surface area (TPSA) is 99.8 Å². The molecular formula is C18H28N4O4S. The monoisotopic (exact) mass is 396 g/mol. The van der Waals surface area contributed by atoms with E-state index in [1.165, 1.54) is 0 Å². The van der Waals surface area contributed by atoms with Gasteiger partial charge in [0.2, 0.25) is 15.9 Å². The van der Waals surface area contributed by atoms with Crippen molar-refractivity contribution in [2.24, 2.45) is 0 Å². The van der Waals surface area contributed by atoms with E-state index in [0.717, 1.165) is 5.56 Å². The van der Waals surface area contributed by atoms with Gasteiger partial charge in [-0.05, 0) is 26.3 Å². The summed E-state index contributed by atoms with van der Waals surface area (Å²) in [5.41, 5.74) is 6.88. The van der Waals surface area contributed by atoms with Gasteiger partial charge in [-0.2, -0.15) is 0 Å². The highest BCUT2D eigenvalue weighted by molar-refractivity contribution is 7.90. The van der Waals surface area contributed by atoms with Crippen molar-refractivity contribution in [2.45, 2.75) is 50.3 Å². The molecule has 0 radical (unpaired) electrons. The van der Waals surface area contributed by atoms with Crippen molar-refractivity contribution in [2.75, 3.05) is 19.7 Å². The van der Waals surface area contributed by atoms with Crippen LogP contribution in [0.15, 0.2) is 30.3 Å². The Morgan fingerprint density at radius 2 is 1.85 bits per heavy atom. The molecule has 1 amide bonds. The Morgan fingerprint density at radius 3 is 2.48 bits per heavy atom. The molecule has 150 valence electrons. The first kappa shape index (κ1) is 20.2. The second-order valence-corrected chi connectivity index (χ2v) is 9.14. The molecule has 0 aromatic heterocycles. The number of hydrogen-bond donors (Lipinski definition) is 3. The second kappa shape index (κ2) is 8.24. The summed E-state index contributed by atoms with van der Waals surface area (Å²) in [4.78, 5) is 14.5. The normalized spacial score (nSPS) is 30.3. The summed E-state index contributed by atoms with van der Waals surface area (Å²) in [7, 11) is -3.66. The Kier molecular flexibility index (Phi) is 6.17. The number of ether oxygens (including phenoxy) is 1. The van der Waals surface area contributed by atoms with Crippen LogP contribution in [0.4, 0.5) is 0 Å². The number of morpholine rings is 1. The number of hydrazine groups is 1. The van der Waals surface area contributed by atoms with Gasteiger partial charge in [-0.3, -0.25) is 15.6 Å². The van der Waals surface area contributed by atoms with Gasteiger partial charge in [-0.1, -0.05) is 30.3 Å². The molecule has 8 nitrogen and oxygen atoms in total. The number of nitrogens with zero attached hydrogens (tertiary/aromatic N) is 1. The fraction of sp³-hybridized carbons (Fsp3) is 0.611. The molecule has 1 aromatic rings. The molecule has 0 saturated carbocycles. The minimum absolute atomic E-state index is 0.198. The van der Waals surface area contributed by atoms with Gasteiger partial charge in [-0.25, -0.2) is 13.1 Å². The molecule has 4 atom stereocenters. The fourth-order valence-electron chi connectivity index (χ4n) is 3.77. The summed E-state index contributed by atoms with van der Waals surface area (Å²) in [5.74, 6) is -0.234. The van der Waals surface area contributed by atoms with Crippen LogP contribution in [-0.4, -0.2) is 62.3 Å². The van der Waals surface area contributed by atoms with E-state index >= 15 is 0 Å². The number of hydrogen-bond acceptors (Lipinski definition) is 6. The molecule has 2 heterocycles. The van der Waals surface area contributed by atoms with Gasteiger partial charge in [0.25, 0.3) is 0 Å². The number of rotatable bonds is 5. The van der Waals surface area contributed by atoms with Gasteiger partial charge in [-0.15, -0.1) is 0 Å². The largest absolute Gasteiger partial charge is 0.370 e. The summed E-state index contributed by atoms with van der Waals surface area (Å²) in [6.45, 7) is 6.49. The molecule has 0 bridgehead atoms. The molecule has 2 saturated heterocycles. The first-order valence-electron chi connectivity index (χ1n) is 9.27. The van der Waals surface area contributed by atoms with Crippen LogP contribution in [0.2, 0.25) is 0 Å². The predicted octanol–water partition coefficient (Wildman–Crippen LogP) is 0.148. The van der Waals surface area contributed by atoms with Crippen molar-refractivity contribution in [3.63, 3.8) is 0 Å². The lowest BCUT2D eigenvalue weighted by atomic mass is 10.1. The smallest absolute Gasteiger partial charge is 0.240 e. The van der Waals surface area contributed by atoms with Crippen molar-refractivity contribution in [1.29, 1.82) is 0 Å². The quantitative estimate of drug-likeness (QED) is 0.655. The molecule has 27 heavy (non-hydrogen) atoms. The SMILES string of the molecule is CC1NNC(C)C1S(=O)(=O)N[C@H](C)C(=O)N1CCOC(c2ccccc2)C1. The van der Waals surface area contributed by atoms with Gasteiger partial charge in [0, 0.05) is 18.6 Å². The van der Waals surface area contributed by atoms with E-state index in [1.807, 2.05) is 30.3 Å². The molecule has 9 heteroatoms. The molecule has 2 aliphatic rings. The molecule has 2 fully saturated rings. The predicted molar refractivity (Wildman–Crippen MR) is 102 cm³/mol. The maximum Gasteiger partial charge on any atom is 0.240 e. The van der Waals surface area contributed by atoms with Crippen molar-refractivity contribution in [1.82, 2.24) is 20.5 Å².